The first-order valence-electron chi connectivity index (χ1n) is 7.19. The van der Waals surface area contributed by atoms with Gasteiger partial charge in [0.15, 0.2) is 0 Å². The maximum Gasteiger partial charge on any atom is 0.336 e. The molecule has 0 atom stereocenters. The van der Waals surface area contributed by atoms with E-state index >= 15 is 0 Å². The molecule has 110 valence electrons. The Morgan fingerprint density at radius 1 is 0.955 bits per heavy atom. The lowest BCUT2D eigenvalue weighted by Gasteiger charge is -2.12. The fourth-order valence-electron chi connectivity index (χ4n) is 2.81. The minimum absolute atomic E-state index is 0.310. The summed E-state index contributed by atoms with van der Waals surface area (Å²) >= 11 is 0. The average molecular weight is 291 g/mol. The van der Waals surface area contributed by atoms with E-state index in [1.807, 2.05) is 57.2 Å². The van der Waals surface area contributed by atoms with E-state index < -0.39 is 5.97 Å². The van der Waals surface area contributed by atoms with Gasteiger partial charge in [0.1, 0.15) is 0 Å². The van der Waals surface area contributed by atoms with Gasteiger partial charge >= 0.3 is 5.97 Å². The van der Waals surface area contributed by atoms with Crippen LogP contribution in [0.5, 0.6) is 0 Å². The number of rotatable bonds is 2. The highest BCUT2D eigenvalue weighted by molar-refractivity contribution is 6.06. The van der Waals surface area contributed by atoms with Crippen molar-refractivity contribution in [3.05, 3.63) is 64.7 Å². The van der Waals surface area contributed by atoms with Gasteiger partial charge in [0.2, 0.25) is 0 Å². The monoisotopic (exact) mass is 291 g/mol. The molecule has 0 fully saturated rings. The molecule has 0 aliphatic rings. The molecule has 3 rings (SSSR count). The molecule has 2 aromatic carbocycles. The number of fused-ring (bicyclic) bond motifs is 1. The zero-order chi connectivity index (χ0) is 15.9. The van der Waals surface area contributed by atoms with Gasteiger partial charge in [-0.05, 0) is 43.5 Å². The second-order valence-corrected chi connectivity index (χ2v) is 5.60. The fraction of sp³-hybridized carbons (Fsp3) is 0.158. The number of pyridine rings is 1. The number of nitrogens with zero attached hydrogens (tertiary/aromatic N) is 1. The molecule has 0 aliphatic heterocycles. The van der Waals surface area contributed by atoms with Crippen LogP contribution in [0, 0.1) is 20.8 Å². The normalized spacial score (nSPS) is 10.9. The quantitative estimate of drug-likeness (QED) is 0.755. The minimum Gasteiger partial charge on any atom is -0.478 e. The van der Waals surface area contributed by atoms with Gasteiger partial charge < -0.3 is 5.11 Å². The number of benzene rings is 2. The average Bonchev–Trinajstić information content (AvgIpc) is 2.50. The number of carbonyl (C=O) groups is 1. The van der Waals surface area contributed by atoms with Crippen molar-refractivity contribution in [3.63, 3.8) is 0 Å². The molecule has 1 heterocycles. The number of aromatic carboxylic acids is 1. The molecule has 1 N–H and O–H groups in total. The summed E-state index contributed by atoms with van der Waals surface area (Å²) in [5, 5.41) is 10.3. The van der Waals surface area contributed by atoms with Crippen LogP contribution in [-0.2, 0) is 0 Å². The largest absolute Gasteiger partial charge is 0.478 e. The van der Waals surface area contributed by atoms with Crippen LogP contribution in [0.2, 0.25) is 0 Å². The summed E-state index contributed by atoms with van der Waals surface area (Å²) in [5.41, 5.74) is 5.74. The molecule has 1 aromatic heterocycles. The SMILES string of the molecule is Cc1ccccc1-c1cc(C(=O)O)c2c(C)ccc(C)c2n1. The second kappa shape index (κ2) is 5.26. The Bertz CT molecular complexity index is 897. The van der Waals surface area contributed by atoms with E-state index in [9.17, 15) is 9.90 Å². The van der Waals surface area contributed by atoms with Crippen molar-refractivity contribution in [2.45, 2.75) is 20.8 Å². The Morgan fingerprint density at radius 2 is 1.64 bits per heavy atom. The summed E-state index contributed by atoms with van der Waals surface area (Å²) in [6, 6.07) is 13.5. The maximum atomic E-state index is 11.7. The summed E-state index contributed by atoms with van der Waals surface area (Å²) in [4.78, 5) is 16.5. The van der Waals surface area contributed by atoms with Gasteiger partial charge in [-0.25, -0.2) is 9.78 Å². The zero-order valence-corrected chi connectivity index (χ0v) is 12.8. The topological polar surface area (TPSA) is 50.2 Å². The van der Waals surface area contributed by atoms with Crippen LogP contribution in [0.3, 0.4) is 0 Å². The highest BCUT2D eigenvalue weighted by atomic mass is 16.4. The third-order valence-corrected chi connectivity index (χ3v) is 4.02. The Morgan fingerprint density at radius 3 is 2.32 bits per heavy atom. The van der Waals surface area contributed by atoms with Crippen LogP contribution in [0.15, 0.2) is 42.5 Å². The Kier molecular flexibility index (Phi) is 3.41. The molecule has 0 radical (unpaired) electrons. The van der Waals surface area contributed by atoms with Crippen molar-refractivity contribution in [3.8, 4) is 11.3 Å². The molecule has 0 spiro atoms. The van der Waals surface area contributed by atoms with Crippen LogP contribution in [0.1, 0.15) is 27.0 Å². The number of aryl methyl sites for hydroxylation is 3. The fourth-order valence-corrected chi connectivity index (χ4v) is 2.81. The van der Waals surface area contributed by atoms with Crippen LogP contribution in [-0.4, -0.2) is 16.1 Å². The summed E-state index contributed by atoms with van der Waals surface area (Å²) in [7, 11) is 0. The van der Waals surface area contributed by atoms with Gasteiger partial charge in [0.25, 0.3) is 0 Å². The van der Waals surface area contributed by atoms with E-state index in [1.165, 1.54) is 0 Å². The van der Waals surface area contributed by atoms with Crippen molar-refractivity contribution in [2.75, 3.05) is 0 Å². The van der Waals surface area contributed by atoms with Crippen molar-refractivity contribution in [2.24, 2.45) is 0 Å². The lowest BCUT2D eigenvalue weighted by atomic mass is 9.97. The third-order valence-electron chi connectivity index (χ3n) is 4.02. The molecule has 3 heteroatoms. The van der Waals surface area contributed by atoms with E-state index in [2.05, 4.69) is 0 Å². The van der Waals surface area contributed by atoms with Gasteiger partial charge in [-0.1, -0.05) is 36.4 Å². The number of carboxylic acid groups (broad SMARTS) is 1. The van der Waals surface area contributed by atoms with Crippen molar-refractivity contribution < 1.29 is 9.90 Å². The Labute approximate surface area is 129 Å². The molecule has 0 saturated heterocycles. The van der Waals surface area contributed by atoms with Crippen molar-refractivity contribution in [1.29, 1.82) is 0 Å². The van der Waals surface area contributed by atoms with Gasteiger partial charge in [-0.2, -0.15) is 0 Å². The lowest BCUT2D eigenvalue weighted by Crippen LogP contribution is -2.03. The molecule has 3 nitrogen and oxygen atoms in total. The van der Waals surface area contributed by atoms with Crippen molar-refractivity contribution >= 4 is 16.9 Å². The molecule has 0 unspecified atom stereocenters. The first-order chi connectivity index (χ1) is 10.5. The first kappa shape index (κ1) is 14.3. The molecule has 0 amide bonds. The van der Waals surface area contributed by atoms with Gasteiger partial charge in [0, 0.05) is 10.9 Å². The third kappa shape index (κ3) is 2.25. The minimum atomic E-state index is -0.920. The van der Waals surface area contributed by atoms with Gasteiger partial charge in [-0.15, -0.1) is 0 Å². The summed E-state index contributed by atoms with van der Waals surface area (Å²) in [6.07, 6.45) is 0. The molecular formula is C19H17NO2. The highest BCUT2D eigenvalue weighted by Gasteiger charge is 2.16. The van der Waals surface area contributed by atoms with Crippen LogP contribution < -0.4 is 0 Å². The van der Waals surface area contributed by atoms with Crippen LogP contribution >= 0.6 is 0 Å². The smallest absolute Gasteiger partial charge is 0.336 e. The summed E-state index contributed by atoms with van der Waals surface area (Å²) in [6.45, 7) is 5.89. The number of carboxylic acids is 1. The Balaban J connectivity index is 2.43. The number of hydrogen-bond acceptors (Lipinski definition) is 2. The molecule has 0 bridgehead atoms. The second-order valence-electron chi connectivity index (χ2n) is 5.60. The summed E-state index contributed by atoms with van der Waals surface area (Å²) in [5.74, 6) is -0.920. The van der Waals surface area contributed by atoms with E-state index in [1.54, 1.807) is 6.07 Å². The standard InChI is InChI=1S/C19H17NO2/c1-11-6-4-5-7-14(11)16-10-15(19(21)22)17-12(2)8-9-13(3)18(17)20-16/h4-10H,1-3H3,(H,21,22). The highest BCUT2D eigenvalue weighted by Crippen LogP contribution is 2.30. The van der Waals surface area contributed by atoms with E-state index in [0.717, 1.165) is 33.2 Å². The van der Waals surface area contributed by atoms with Crippen molar-refractivity contribution in [1.82, 2.24) is 4.98 Å². The lowest BCUT2D eigenvalue weighted by molar-refractivity contribution is 0.0699. The van der Waals surface area contributed by atoms with E-state index in [-0.39, 0.29) is 0 Å². The molecule has 22 heavy (non-hydrogen) atoms. The molecule has 3 aromatic rings. The predicted octanol–water partition coefficient (Wildman–Crippen LogP) is 4.53. The van der Waals surface area contributed by atoms with Gasteiger partial charge in [-0.3, -0.25) is 0 Å². The predicted molar refractivity (Wildman–Crippen MR) is 88.3 cm³/mol. The number of hydrogen-bond donors (Lipinski definition) is 1. The van der Waals surface area contributed by atoms with Crippen LogP contribution in [0.4, 0.5) is 0 Å². The number of aromatic nitrogens is 1. The summed E-state index contributed by atoms with van der Waals surface area (Å²) < 4.78 is 0. The van der Waals surface area contributed by atoms with E-state index in [0.29, 0.717) is 11.3 Å². The molecule has 0 aliphatic carbocycles. The molecule has 0 saturated carbocycles. The first-order valence-corrected chi connectivity index (χ1v) is 7.19. The Hall–Kier alpha value is -2.68. The van der Waals surface area contributed by atoms with Gasteiger partial charge in [0.05, 0.1) is 16.8 Å². The molecular weight excluding hydrogens is 274 g/mol. The van der Waals surface area contributed by atoms with Crippen LogP contribution in [0.25, 0.3) is 22.2 Å². The maximum absolute atomic E-state index is 11.7. The zero-order valence-electron chi connectivity index (χ0n) is 12.8. The van der Waals surface area contributed by atoms with E-state index in [4.69, 9.17) is 4.98 Å².